The smallest absolute Gasteiger partial charge is 0.119 e. The maximum Gasteiger partial charge on any atom is 0.119 e. The lowest BCUT2D eigenvalue weighted by Crippen LogP contribution is -2.28. The van der Waals surface area contributed by atoms with Crippen LogP contribution in [0.2, 0.25) is 0 Å². The summed E-state index contributed by atoms with van der Waals surface area (Å²) in [6.45, 7) is 2.11. The molecule has 0 spiro atoms. The monoisotopic (exact) mass is 220 g/mol. The molecular formula is C13H20N2O. The lowest BCUT2D eigenvalue weighted by atomic mass is 9.97. The van der Waals surface area contributed by atoms with Gasteiger partial charge in [0, 0.05) is 6.04 Å². The van der Waals surface area contributed by atoms with Gasteiger partial charge in [-0.05, 0) is 42.5 Å². The van der Waals surface area contributed by atoms with Crippen molar-refractivity contribution >= 4 is 0 Å². The second kappa shape index (κ2) is 4.85. The van der Waals surface area contributed by atoms with Crippen LogP contribution < -0.4 is 16.0 Å². The van der Waals surface area contributed by atoms with Crippen LogP contribution in [0.4, 0.5) is 0 Å². The summed E-state index contributed by atoms with van der Waals surface area (Å²) < 4.78 is 5.21. The van der Waals surface area contributed by atoms with Crippen LogP contribution in [0.1, 0.15) is 36.4 Å². The van der Waals surface area contributed by atoms with Gasteiger partial charge in [-0.25, -0.2) is 0 Å². The molecule has 1 atom stereocenters. The molecule has 0 heterocycles. The third-order valence-corrected chi connectivity index (χ3v) is 3.32. The van der Waals surface area contributed by atoms with E-state index in [2.05, 4.69) is 24.5 Å². The maximum atomic E-state index is 5.64. The molecule has 1 aliphatic rings. The Labute approximate surface area is 97.0 Å². The Balaban J connectivity index is 2.15. The Morgan fingerprint density at radius 2 is 2.25 bits per heavy atom. The molecule has 0 aromatic heterocycles. The van der Waals surface area contributed by atoms with Crippen molar-refractivity contribution < 1.29 is 4.74 Å². The number of methoxy groups -OCH3 is 1. The average molecular weight is 220 g/mol. The van der Waals surface area contributed by atoms with Crippen molar-refractivity contribution in [3.63, 3.8) is 0 Å². The van der Waals surface area contributed by atoms with Crippen LogP contribution in [0.3, 0.4) is 0 Å². The first-order valence-corrected chi connectivity index (χ1v) is 5.85. The molecule has 0 bridgehead atoms. The van der Waals surface area contributed by atoms with Crippen LogP contribution in [0.25, 0.3) is 0 Å². The number of rotatable bonds is 5. The van der Waals surface area contributed by atoms with Gasteiger partial charge >= 0.3 is 0 Å². The van der Waals surface area contributed by atoms with Crippen molar-refractivity contribution in [2.75, 3.05) is 7.11 Å². The van der Waals surface area contributed by atoms with Gasteiger partial charge in [-0.1, -0.05) is 18.9 Å². The summed E-state index contributed by atoms with van der Waals surface area (Å²) in [7, 11) is 1.69. The van der Waals surface area contributed by atoms with E-state index in [0.29, 0.717) is 0 Å². The summed E-state index contributed by atoms with van der Waals surface area (Å²) in [6, 6.07) is 6.45. The van der Waals surface area contributed by atoms with Gasteiger partial charge in [0.25, 0.3) is 0 Å². The van der Waals surface area contributed by atoms with Crippen molar-refractivity contribution in [2.24, 2.45) is 11.8 Å². The van der Waals surface area contributed by atoms with Crippen LogP contribution >= 0.6 is 0 Å². The minimum atomic E-state index is 0.276. The summed E-state index contributed by atoms with van der Waals surface area (Å²) in [5.41, 5.74) is 5.45. The molecule has 1 saturated carbocycles. The van der Waals surface area contributed by atoms with E-state index in [4.69, 9.17) is 10.6 Å². The molecule has 3 N–H and O–H groups in total. The van der Waals surface area contributed by atoms with Crippen LogP contribution in [-0.2, 0) is 0 Å². The average Bonchev–Trinajstić information content (AvgIpc) is 3.10. The summed E-state index contributed by atoms with van der Waals surface area (Å²) in [5, 5.41) is 0. The Hall–Kier alpha value is -1.06. The van der Waals surface area contributed by atoms with E-state index in [0.717, 1.165) is 18.1 Å². The highest BCUT2D eigenvalue weighted by Gasteiger charge is 2.26. The normalized spacial score (nSPS) is 17.2. The Bertz CT molecular complexity index is 361. The van der Waals surface area contributed by atoms with E-state index in [9.17, 15) is 0 Å². The predicted octanol–water partition coefficient (Wildman–Crippen LogP) is 2.31. The van der Waals surface area contributed by atoms with E-state index in [1.165, 1.54) is 24.0 Å². The van der Waals surface area contributed by atoms with Crippen molar-refractivity contribution in [3.05, 3.63) is 29.3 Å². The highest BCUT2D eigenvalue weighted by atomic mass is 16.5. The van der Waals surface area contributed by atoms with Gasteiger partial charge in [0.05, 0.1) is 7.11 Å². The SMILES string of the molecule is COc1ccc(C(CC2CC2)NN)c(C)c1. The Morgan fingerprint density at radius 1 is 1.50 bits per heavy atom. The van der Waals surface area contributed by atoms with Crippen molar-refractivity contribution in [2.45, 2.75) is 32.2 Å². The first kappa shape index (κ1) is 11.4. The largest absolute Gasteiger partial charge is 0.497 e. The van der Waals surface area contributed by atoms with E-state index in [-0.39, 0.29) is 6.04 Å². The van der Waals surface area contributed by atoms with Crippen LogP contribution in [-0.4, -0.2) is 7.11 Å². The molecule has 3 heteroatoms. The van der Waals surface area contributed by atoms with Crippen LogP contribution in [0.5, 0.6) is 5.75 Å². The molecule has 3 nitrogen and oxygen atoms in total. The number of ether oxygens (including phenoxy) is 1. The molecule has 1 aromatic carbocycles. The molecule has 0 aliphatic heterocycles. The minimum absolute atomic E-state index is 0.276. The topological polar surface area (TPSA) is 47.3 Å². The molecule has 1 aliphatic carbocycles. The fourth-order valence-corrected chi connectivity index (χ4v) is 2.14. The zero-order valence-electron chi connectivity index (χ0n) is 9.99. The fourth-order valence-electron chi connectivity index (χ4n) is 2.14. The van der Waals surface area contributed by atoms with E-state index in [1.807, 2.05) is 6.07 Å². The van der Waals surface area contributed by atoms with Gasteiger partial charge in [0.2, 0.25) is 0 Å². The number of hydrazine groups is 1. The molecule has 0 saturated heterocycles. The molecule has 1 unspecified atom stereocenters. The minimum Gasteiger partial charge on any atom is -0.497 e. The van der Waals surface area contributed by atoms with E-state index in [1.54, 1.807) is 7.11 Å². The third-order valence-electron chi connectivity index (χ3n) is 3.32. The Morgan fingerprint density at radius 3 is 2.75 bits per heavy atom. The molecule has 0 radical (unpaired) electrons. The third kappa shape index (κ3) is 2.54. The first-order chi connectivity index (χ1) is 7.74. The lowest BCUT2D eigenvalue weighted by molar-refractivity contribution is 0.413. The summed E-state index contributed by atoms with van der Waals surface area (Å²) >= 11 is 0. The molecule has 2 rings (SSSR count). The highest BCUT2D eigenvalue weighted by Crippen LogP contribution is 2.38. The fraction of sp³-hybridized carbons (Fsp3) is 0.538. The van der Waals surface area contributed by atoms with Crippen LogP contribution in [0.15, 0.2) is 18.2 Å². The number of aryl methyl sites for hydroxylation is 1. The second-order valence-electron chi connectivity index (χ2n) is 4.62. The molecule has 88 valence electrons. The van der Waals surface area contributed by atoms with E-state index < -0.39 is 0 Å². The second-order valence-corrected chi connectivity index (χ2v) is 4.62. The van der Waals surface area contributed by atoms with Gasteiger partial charge < -0.3 is 4.74 Å². The number of nitrogens with one attached hydrogen (secondary N) is 1. The summed E-state index contributed by atoms with van der Waals surface area (Å²) in [4.78, 5) is 0. The standard InChI is InChI=1S/C13H20N2O/c1-9-7-11(16-2)5-6-12(9)13(15-14)8-10-3-4-10/h5-7,10,13,15H,3-4,8,14H2,1-2H3. The molecule has 1 fully saturated rings. The number of hydrogen-bond donors (Lipinski definition) is 2. The molecule has 0 amide bonds. The van der Waals surface area contributed by atoms with Gasteiger partial charge in [-0.15, -0.1) is 0 Å². The summed E-state index contributed by atoms with van der Waals surface area (Å²) in [5.74, 6) is 7.41. The maximum absolute atomic E-state index is 5.64. The predicted molar refractivity (Wildman–Crippen MR) is 65.1 cm³/mol. The van der Waals surface area contributed by atoms with Gasteiger partial charge in [0.15, 0.2) is 0 Å². The first-order valence-electron chi connectivity index (χ1n) is 5.85. The highest BCUT2D eigenvalue weighted by molar-refractivity contribution is 5.36. The zero-order valence-corrected chi connectivity index (χ0v) is 9.99. The van der Waals surface area contributed by atoms with Crippen LogP contribution in [0, 0.1) is 12.8 Å². The van der Waals surface area contributed by atoms with Crippen molar-refractivity contribution in [3.8, 4) is 5.75 Å². The van der Waals surface area contributed by atoms with Gasteiger partial charge in [0.1, 0.15) is 5.75 Å². The Kier molecular flexibility index (Phi) is 3.46. The molecular weight excluding hydrogens is 200 g/mol. The van der Waals surface area contributed by atoms with E-state index >= 15 is 0 Å². The van der Waals surface area contributed by atoms with Gasteiger partial charge in [-0.3, -0.25) is 11.3 Å². The molecule has 16 heavy (non-hydrogen) atoms. The van der Waals surface area contributed by atoms with Crippen molar-refractivity contribution in [1.29, 1.82) is 0 Å². The quantitative estimate of drug-likeness (QED) is 0.591. The lowest BCUT2D eigenvalue weighted by Gasteiger charge is -2.18. The number of hydrogen-bond acceptors (Lipinski definition) is 3. The number of nitrogens with two attached hydrogens (primary N) is 1. The molecule has 1 aromatic rings. The van der Waals surface area contributed by atoms with Crippen molar-refractivity contribution in [1.82, 2.24) is 5.43 Å². The zero-order chi connectivity index (χ0) is 11.5. The summed E-state index contributed by atoms with van der Waals surface area (Å²) in [6.07, 6.45) is 3.85. The number of benzene rings is 1. The van der Waals surface area contributed by atoms with Gasteiger partial charge in [-0.2, -0.15) is 0 Å².